The summed E-state index contributed by atoms with van der Waals surface area (Å²) in [5.41, 5.74) is 6.13. The molecule has 2 heterocycles. The third kappa shape index (κ3) is 3.25. The molecule has 0 saturated carbocycles. The number of hydrogen-bond acceptors (Lipinski definition) is 5. The highest BCUT2D eigenvalue weighted by molar-refractivity contribution is 5.92. The fourth-order valence-corrected chi connectivity index (χ4v) is 2.54. The summed E-state index contributed by atoms with van der Waals surface area (Å²) in [5.74, 6) is 1.15. The maximum atomic E-state index is 11.7. The van der Waals surface area contributed by atoms with Gasteiger partial charge in [-0.1, -0.05) is 0 Å². The Morgan fingerprint density at radius 3 is 2.85 bits per heavy atom. The van der Waals surface area contributed by atoms with Crippen LogP contribution in [0.3, 0.4) is 0 Å². The Balaban J connectivity index is 2.10. The highest BCUT2D eigenvalue weighted by Crippen LogP contribution is 2.25. The quantitative estimate of drug-likeness (QED) is 0.850. The Morgan fingerprint density at radius 2 is 2.25 bits per heavy atom. The Labute approximate surface area is 119 Å². The van der Waals surface area contributed by atoms with E-state index in [4.69, 9.17) is 5.73 Å². The minimum atomic E-state index is -0.182. The number of amides is 1. The highest BCUT2D eigenvalue weighted by Gasteiger charge is 2.26. The van der Waals surface area contributed by atoms with Gasteiger partial charge in [0.05, 0.1) is 0 Å². The molecule has 110 valence electrons. The first-order chi connectivity index (χ1) is 9.65. The Morgan fingerprint density at radius 1 is 1.45 bits per heavy atom. The molecule has 1 fully saturated rings. The third-order valence-corrected chi connectivity index (χ3v) is 3.83. The van der Waals surface area contributed by atoms with E-state index in [1.807, 2.05) is 13.0 Å². The van der Waals surface area contributed by atoms with Crippen LogP contribution < -0.4 is 16.0 Å². The standard InChI is InChI=1S/C14H23N5O/c1-3-16-14(20)12-6-7-13(18-17-12)19-9-11(8-15)5-4-10(19)2/h6-7,10-11H,3-5,8-9,15H2,1-2H3,(H,16,20). The number of aromatic nitrogens is 2. The summed E-state index contributed by atoms with van der Waals surface area (Å²) in [5, 5.41) is 10.9. The molecule has 0 bridgehead atoms. The molecule has 1 amide bonds. The van der Waals surface area contributed by atoms with Crippen LogP contribution >= 0.6 is 0 Å². The van der Waals surface area contributed by atoms with E-state index in [1.165, 1.54) is 6.42 Å². The minimum absolute atomic E-state index is 0.182. The minimum Gasteiger partial charge on any atom is -0.352 e. The van der Waals surface area contributed by atoms with Gasteiger partial charge in [0.2, 0.25) is 0 Å². The van der Waals surface area contributed by atoms with Crippen LogP contribution in [0.2, 0.25) is 0 Å². The van der Waals surface area contributed by atoms with Crippen molar-refractivity contribution in [2.45, 2.75) is 32.7 Å². The second kappa shape index (κ2) is 6.65. The largest absolute Gasteiger partial charge is 0.352 e. The molecule has 0 radical (unpaired) electrons. The molecule has 0 aromatic carbocycles. The summed E-state index contributed by atoms with van der Waals surface area (Å²) in [6.07, 6.45) is 2.28. The zero-order valence-corrected chi connectivity index (χ0v) is 12.2. The van der Waals surface area contributed by atoms with Crippen LogP contribution in [0.1, 0.15) is 37.2 Å². The van der Waals surface area contributed by atoms with Crippen LogP contribution in [0.15, 0.2) is 12.1 Å². The van der Waals surface area contributed by atoms with Crippen LogP contribution in [0.25, 0.3) is 0 Å². The lowest BCUT2D eigenvalue weighted by molar-refractivity contribution is 0.0950. The number of carbonyl (C=O) groups is 1. The van der Waals surface area contributed by atoms with Gasteiger partial charge in [-0.3, -0.25) is 4.79 Å². The second-order valence-corrected chi connectivity index (χ2v) is 5.32. The van der Waals surface area contributed by atoms with Gasteiger partial charge in [0.25, 0.3) is 5.91 Å². The number of carbonyl (C=O) groups excluding carboxylic acids is 1. The molecule has 1 aliphatic heterocycles. The Kier molecular flexibility index (Phi) is 4.89. The maximum absolute atomic E-state index is 11.7. The SMILES string of the molecule is CCNC(=O)c1ccc(N2CC(CN)CCC2C)nn1. The van der Waals surface area contributed by atoms with Gasteiger partial charge in [-0.25, -0.2) is 0 Å². The van der Waals surface area contributed by atoms with Crippen molar-refractivity contribution in [2.24, 2.45) is 11.7 Å². The molecule has 0 spiro atoms. The molecule has 6 heteroatoms. The predicted octanol–water partition coefficient (Wildman–Crippen LogP) is 0.790. The van der Waals surface area contributed by atoms with Gasteiger partial charge in [-0.2, -0.15) is 0 Å². The zero-order valence-electron chi connectivity index (χ0n) is 12.2. The molecule has 20 heavy (non-hydrogen) atoms. The Hall–Kier alpha value is -1.69. The van der Waals surface area contributed by atoms with E-state index in [0.29, 0.717) is 30.7 Å². The number of rotatable bonds is 4. The number of anilines is 1. The van der Waals surface area contributed by atoms with Gasteiger partial charge in [0.1, 0.15) is 0 Å². The third-order valence-electron chi connectivity index (χ3n) is 3.83. The Bertz CT molecular complexity index is 447. The van der Waals surface area contributed by atoms with Crippen LogP contribution in [-0.2, 0) is 0 Å². The van der Waals surface area contributed by atoms with Gasteiger partial charge in [-0.15, -0.1) is 10.2 Å². The van der Waals surface area contributed by atoms with Gasteiger partial charge in [-0.05, 0) is 51.3 Å². The van der Waals surface area contributed by atoms with Gasteiger partial charge in [0, 0.05) is 19.1 Å². The lowest BCUT2D eigenvalue weighted by Gasteiger charge is -2.38. The number of nitrogens with one attached hydrogen (secondary N) is 1. The van der Waals surface area contributed by atoms with E-state index in [2.05, 4.69) is 27.3 Å². The fraction of sp³-hybridized carbons (Fsp3) is 0.643. The van der Waals surface area contributed by atoms with Gasteiger partial charge in [0.15, 0.2) is 11.5 Å². The van der Waals surface area contributed by atoms with Crippen molar-refractivity contribution in [2.75, 3.05) is 24.5 Å². The number of piperidine rings is 1. The molecular formula is C14H23N5O. The van der Waals surface area contributed by atoms with E-state index in [0.717, 1.165) is 18.8 Å². The normalized spacial score (nSPS) is 22.6. The average Bonchev–Trinajstić information content (AvgIpc) is 2.48. The van der Waals surface area contributed by atoms with Crippen molar-refractivity contribution in [1.29, 1.82) is 0 Å². The summed E-state index contributed by atoms with van der Waals surface area (Å²) >= 11 is 0. The molecule has 2 unspecified atom stereocenters. The van der Waals surface area contributed by atoms with Crippen molar-refractivity contribution in [1.82, 2.24) is 15.5 Å². The van der Waals surface area contributed by atoms with Crippen LogP contribution in [0.5, 0.6) is 0 Å². The maximum Gasteiger partial charge on any atom is 0.271 e. The average molecular weight is 277 g/mol. The first-order valence-corrected chi connectivity index (χ1v) is 7.24. The van der Waals surface area contributed by atoms with Gasteiger partial charge >= 0.3 is 0 Å². The second-order valence-electron chi connectivity index (χ2n) is 5.32. The van der Waals surface area contributed by atoms with E-state index in [-0.39, 0.29) is 5.91 Å². The van der Waals surface area contributed by atoms with Crippen molar-refractivity contribution < 1.29 is 4.79 Å². The molecule has 2 atom stereocenters. The smallest absolute Gasteiger partial charge is 0.271 e. The number of nitrogens with two attached hydrogens (primary N) is 1. The first kappa shape index (κ1) is 14.7. The van der Waals surface area contributed by atoms with Crippen molar-refractivity contribution in [3.63, 3.8) is 0 Å². The molecular weight excluding hydrogens is 254 g/mol. The molecule has 1 saturated heterocycles. The van der Waals surface area contributed by atoms with Crippen LogP contribution in [0, 0.1) is 5.92 Å². The van der Waals surface area contributed by atoms with E-state index < -0.39 is 0 Å². The summed E-state index contributed by atoms with van der Waals surface area (Å²) < 4.78 is 0. The summed E-state index contributed by atoms with van der Waals surface area (Å²) in [4.78, 5) is 13.9. The molecule has 3 N–H and O–H groups in total. The molecule has 2 rings (SSSR count). The summed E-state index contributed by atoms with van der Waals surface area (Å²) in [6, 6.07) is 4.03. The van der Waals surface area contributed by atoms with Crippen molar-refractivity contribution >= 4 is 11.7 Å². The molecule has 6 nitrogen and oxygen atoms in total. The van der Waals surface area contributed by atoms with Crippen molar-refractivity contribution in [3.8, 4) is 0 Å². The summed E-state index contributed by atoms with van der Waals surface area (Å²) in [7, 11) is 0. The lowest BCUT2D eigenvalue weighted by atomic mass is 9.93. The van der Waals surface area contributed by atoms with E-state index >= 15 is 0 Å². The van der Waals surface area contributed by atoms with Crippen molar-refractivity contribution in [3.05, 3.63) is 17.8 Å². The monoisotopic (exact) mass is 277 g/mol. The van der Waals surface area contributed by atoms with Crippen LogP contribution in [-0.4, -0.2) is 41.8 Å². The first-order valence-electron chi connectivity index (χ1n) is 7.24. The number of hydrogen-bond donors (Lipinski definition) is 2. The molecule has 1 aliphatic rings. The van der Waals surface area contributed by atoms with Crippen LogP contribution in [0.4, 0.5) is 5.82 Å². The summed E-state index contributed by atoms with van der Waals surface area (Å²) in [6.45, 7) is 6.26. The van der Waals surface area contributed by atoms with Gasteiger partial charge < -0.3 is 16.0 Å². The molecule has 1 aromatic rings. The predicted molar refractivity (Wildman–Crippen MR) is 78.6 cm³/mol. The topological polar surface area (TPSA) is 84.1 Å². The van der Waals surface area contributed by atoms with E-state index in [1.54, 1.807) is 6.07 Å². The lowest BCUT2D eigenvalue weighted by Crippen LogP contribution is -2.44. The molecule has 1 aromatic heterocycles. The molecule has 0 aliphatic carbocycles. The highest BCUT2D eigenvalue weighted by atomic mass is 16.1. The zero-order chi connectivity index (χ0) is 14.5. The fourth-order valence-electron chi connectivity index (χ4n) is 2.54. The number of nitrogens with zero attached hydrogens (tertiary/aromatic N) is 3. The van der Waals surface area contributed by atoms with E-state index in [9.17, 15) is 4.79 Å².